The van der Waals surface area contributed by atoms with E-state index in [1.165, 1.54) is 19.3 Å². The number of rotatable bonds is 11. The second-order valence-corrected chi connectivity index (χ2v) is 4.58. The Balaban J connectivity index is 3.61. The molecule has 0 heterocycles. The molecule has 4 nitrogen and oxygen atoms in total. The van der Waals surface area contributed by atoms with Crippen LogP contribution in [0.15, 0.2) is 12.7 Å². The highest BCUT2D eigenvalue weighted by Crippen LogP contribution is 2.08. The van der Waals surface area contributed by atoms with Crippen LogP contribution in [0.1, 0.15) is 58.8 Å². The molecular weight excluding hydrogens is 244 g/mol. The lowest BCUT2D eigenvalue weighted by Gasteiger charge is -2.10. The summed E-state index contributed by atoms with van der Waals surface area (Å²) in [4.78, 5) is 22.8. The minimum Gasteiger partial charge on any atom is -0.391 e. The highest BCUT2D eigenvalue weighted by molar-refractivity contribution is 5.87. The van der Waals surface area contributed by atoms with Gasteiger partial charge in [0.05, 0.1) is 6.61 Å². The Morgan fingerprint density at radius 2 is 1.79 bits per heavy atom. The van der Waals surface area contributed by atoms with E-state index in [0.29, 0.717) is 6.42 Å². The number of hydrogen-bond acceptors (Lipinski definition) is 4. The molecule has 0 aliphatic heterocycles. The molecular formula is C15H26O4. The van der Waals surface area contributed by atoms with E-state index in [2.05, 4.69) is 13.5 Å². The van der Waals surface area contributed by atoms with Gasteiger partial charge in [-0.05, 0) is 13.3 Å². The smallest absolute Gasteiger partial charge is 0.342 e. The van der Waals surface area contributed by atoms with Crippen molar-refractivity contribution < 1.29 is 19.1 Å². The molecule has 0 amide bonds. The summed E-state index contributed by atoms with van der Waals surface area (Å²) in [6, 6.07) is 0. The van der Waals surface area contributed by atoms with E-state index >= 15 is 0 Å². The van der Waals surface area contributed by atoms with E-state index in [0.717, 1.165) is 19.3 Å². The average Bonchev–Trinajstić information content (AvgIpc) is 2.39. The Hall–Kier alpha value is -1.16. The first-order chi connectivity index (χ1) is 9.11. The summed E-state index contributed by atoms with van der Waals surface area (Å²) < 4.78 is 9.78. The van der Waals surface area contributed by atoms with Gasteiger partial charge >= 0.3 is 11.9 Å². The van der Waals surface area contributed by atoms with E-state index in [9.17, 15) is 9.59 Å². The predicted molar refractivity (Wildman–Crippen MR) is 74.7 cm³/mol. The molecule has 0 aliphatic rings. The molecule has 0 bridgehead atoms. The summed E-state index contributed by atoms with van der Waals surface area (Å²) in [6.07, 6.45) is 7.68. The maximum atomic E-state index is 11.4. The van der Waals surface area contributed by atoms with Crippen LogP contribution in [-0.4, -0.2) is 24.6 Å². The second kappa shape index (κ2) is 11.9. The normalized spacial score (nSPS) is 11.9. The van der Waals surface area contributed by atoms with Gasteiger partial charge in [0, 0.05) is 6.42 Å². The third kappa shape index (κ3) is 10.4. The van der Waals surface area contributed by atoms with Crippen molar-refractivity contribution in [2.45, 2.75) is 64.9 Å². The van der Waals surface area contributed by atoms with E-state index in [4.69, 9.17) is 9.47 Å². The number of esters is 2. The van der Waals surface area contributed by atoms with Crippen LogP contribution < -0.4 is 0 Å². The summed E-state index contributed by atoms with van der Waals surface area (Å²) in [5.74, 6) is -1.09. The van der Waals surface area contributed by atoms with Crippen molar-refractivity contribution in [1.82, 2.24) is 0 Å². The zero-order valence-electron chi connectivity index (χ0n) is 12.2. The minimum absolute atomic E-state index is 0.266. The first kappa shape index (κ1) is 17.8. The first-order valence-electron chi connectivity index (χ1n) is 7.08. The molecule has 1 atom stereocenters. The van der Waals surface area contributed by atoms with Gasteiger partial charge in [0.2, 0.25) is 0 Å². The molecule has 4 heteroatoms. The quantitative estimate of drug-likeness (QED) is 0.250. The zero-order chi connectivity index (χ0) is 14.5. The fourth-order valence-corrected chi connectivity index (χ4v) is 1.58. The van der Waals surface area contributed by atoms with Crippen molar-refractivity contribution >= 4 is 11.9 Å². The predicted octanol–water partition coefficient (Wildman–Crippen LogP) is 3.40. The number of ether oxygens (including phenoxy) is 2. The standard InChI is InChI=1S/C15H26O4/c1-4-6-7-8-9-10-11-14(16)19-15(17)13(3)18-12-5-2/h5,13H,2,4,6-12H2,1,3H3. The van der Waals surface area contributed by atoms with Gasteiger partial charge < -0.3 is 9.47 Å². The topological polar surface area (TPSA) is 52.6 Å². The average molecular weight is 270 g/mol. The van der Waals surface area contributed by atoms with Crippen LogP contribution in [-0.2, 0) is 19.1 Å². The van der Waals surface area contributed by atoms with Crippen LogP contribution in [0.3, 0.4) is 0 Å². The molecule has 0 radical (unpaired) electrons. The van der Waals surface area contributed by atoms with E-state index < -0.39 is 18.0 Å². The first-order valence-corrected chi connectivity index (χ1v) is 7.08. The fraction of sp³-hybridized carbons (Fsp3) is 0.733. The Morgan fingerprint density at radius 1 is 1.16 bits per heavy atom. The minimum atomic E-state index is -0.730. The Morgan fingerprint density at radius 3 is 2.42 bits per heavy atom. The van der Waals surface area contributed by atoms with Crippen LogP contribution >= 0.6 is 0 Å². The Bertz CT molecular complexity index is 273. The molecule has 0 aromatic rings. The van der Waals surface area contributed by atoms with Gasteiger partial charge in [0.25, 0.3) is 0 Å². The lowest BCUT2D eigenvalue weighted by Crippen LogP contribution is -2.26. The van der Waals surface area contributed by atoms with Crippen LogP contribution in [0, 0.1) is 0 Å². The third-order valence-electron chi connectivity index (χ3n) is 2.74. The molecule has 19 heavy (non-hydrogen) atoms. The van der Waals surface area contributed by atoms with Crippen molar-refractivity contribution in [3.8, 4) is 0 Å². The highest BCUT2D eigenvalue weighted by atomic mass is 16.6. The number of carbonyl (C=O) groups excluding carboxylic acids is 2. The van der Waals surface area contributed by atoms with Crippen molar-refractivity contribution in [3.63, 3.8) is 0 Å². The molecule has 0 spiro atoms. The summed E-state index contributed by atoms with van der Waals surface area (Å²) >= 11 is 0. The molecule has 0 aromatic heterocycles. The lowest BCUT2D eigenvalue weighted by atomic mass is 10.1. The highest BCUT2D eigenvalue weighted by Gasteiger charge is 2.18. The molecule has 0 saturated heterocycles. The molecule has 0 rings (SSSR count). The zero-order valence-corrected chi connectivity index (χ0v) is 12.2. The largest absolute Gasteiger partial charge is 0.391 e. The molecule has 110 valence electrons. The molecule has 0 saturated carbocycles. The van der Waals surface area contributed by atoms with Crippen LogP contribution in [0.25, 0.3) is 0 Å². The fourth-order valence-electron chi connectivity index (χ4n) is 1.58. The lowest BCUT2D eigenvalue weighted by molar-refractivity contribution is -0.167. The van der Waals surface area contributed by atoms with Crippen LogP contribution in [0.2, 0.25) is 0 Å². The Kier molecular flexibility index (Phi) is 11.2. The van der Waals surface area contributed by atoms with Gasteiger partial charge in [0.15, 0.2) is 6.10 Å². The maximum absolute atomic E-state index is 11.4. The van der Waals surface area contributed by atoms with Gasteiger partial charge in [-0.2, -0.15) is 0 Å². The maximum Gasteiger partial charge on any atom is 0.342 e. The third-order valence-corrected chi connectivity index (χ3v) is 2.74. The molecule has 0 aromatic carbocycles. The van der Waals surface area contributed by atoms with Gasteiger partial charge in [-0.25, -0.2) is 4.79 Å². The number of carbonyl (C=O) groups is 2. The Labute approximate surface area is 116 Å². The van der Waals surface area contributed by atoms with Crippen LogP contribution in [0.5, 0.6) is 0 Å². The SMILES string of the molecule is C=CCOC(C)C(=O)OC(=O)CCCCCCCC. The summed E-state index contributed by atoms with van der Waals surface area (Å²) in [6.45, 7) is 7.47. The molecule has 1 unspecified atom stereocenters. The molecule has 0 fully saturated rings. The van der Waals surface area contributed by atoms with Crippen LogP contribution in [0.4, 0.5) is 0 Å². The molecule has 0 N–H and O–H groups in total. The van der Waals surface area contributed by atoms with Gasteiger partial charge in [-0.3, -0.25) is 4.79 Å². The van der Waals surface area contributed by atoms with Crippen molar-refractivity contribution in [3.05, 3.63) is 12.7 Å². The monoisotopic (exact) mass is 270 g/mol. The van der Waals surface area contributed by atoms with E-state index in [1.54, 1.807) is 13.0 Å². The van der Waals surface area contributed by atoms with Crippen molar-refractivity contribution in [2.24, 2.45) is 0 Å². The van der Waals surface area contributed by atoms with Gasteiger partial charge in [-0.1, -0.05) is 45.1 Å². The molecule has 0 aliphatic carbocycles. The number of unbranched alkanes of at least 4 members (excludes halogenated alkanes) is 5. The summed E-state index contributed by atoms with van der Waals surface area (Å²) in [5.41, 5.74) is 0. The summed E-state index contributed by atoms with van der Waals surface area (Å²) in [5, 5.41) is 0. The van der Waals surface area contributed by atoms with Crippen molar-refractivity contribution in [2.75, 3.05) is 6.61 Å². The van der Waals surface area contributed by atoms with Crippen molar-refractivity contribution in [1.29, 1.82) is 0 Å². The van der Waals surface area contributed by atoms with E-state index in [1.807, 2.05) is 0 Å². The number of hydrogen-bond donors (Lipinski definition) is 0. The van der Waals surface area contributed by atoms with Gasteiger partial charge in [0.1, 0.15) is 0 Å². The van der Waals surface area contributed by atoms with Gasteiger partial charge in [-0.15, -0.1) is 6.58 Å². The van der Waals surface area contributed by atoms with E-state index in [-0.39, 0.29) is 6.61 Å². The summed E-state index contributed by atoms with van der Waals surface area (Å²) in [7, 11) is 0. The second-order valence-electron chi connectivity index (χ2n) is 4.58.